The van der Waals surface area contributed by atoms with Gasteiger partial charge in [-0.2, -0.15) is 4.72 Å². The summed E-state index contributed by atoms with van der Waals surface area (Å²) in [6.45, 7) is 9.67. The number of hydrogen-bond acceptors (Lipinski definition) is 8. The summed E-state index contributed by atoms with van der Waals surface area (Å²) >= 11 is 0. The first-order valence-electron chi connectivity index (χ1n) is 15.4. The summed E-state index contributed by atoms with van der Waals surface area (Å²) in [5, 5.41) is 15.5. The quantitative estimate of drug-likeness (QED) is 0.179. The molecule has 47 heavy (non-hydrogen) atoms. The van der Waals surface area contributed by atoms with Crippen molar-refractivity contribution < 1.29 is 32.2 Å². The molecule has 2 aromatic carbocycles. The Labute approximate surface area is 275 Å². The molecule has 4 N–H and O–H groups in total. The maximum atomic E-state index is 13.3. The molecule has 252 valence electrons. The van der Waals surface area contributed by atoms with Crippen molar-refractivity contribution in [2.75, 3.05) is 31.6 Å². The Morgan fingerprint density at radius 1 is 1.13 bits per heavy atom. The molecule has 11 nitrogen and oxygen atoms in total. The molecule has 0 bridgehead atoms. The number of aromatic nitrogens is 1. The van der Waals surface area contributed by atoms with Gasteiger partial charge >= 0.3 is 5.97 Å². The number of hydrogen-bond donors (Lipinski definition) is 4. The van der Waals surface area contributed by atoms with E-state index < -0.39 is 34.5 Å². The lowest BCUT2D eigenvalue weighted by Gasteiger charge is -2.29. The van der Waals surface area contributed by atoms with Crippen LogP contribution in [0.3, 0.4) is 0 Å². The molecule has 2 heterocycles. The second kappa shape index (κ2) is 16.0. The van der Waals surface area contributed by atoms with Crippen molar-refractivity contribution in [3.05, 3.63) is 101 Å². The van der Waals surface area contributed by atoms with Gasteiger partial charge in [0.05, 0.1) is 11.0 Å². The van der Waals surface area contributed by atoms with Gasteiger partial charge in [0.2, 0.25) is 15.9 Å². The van der Waals surface area contributed by atoms with E-state index in [1.165, 1.54) is 12.1 Å². The highest BCUT2D eigenvalue weighted by atomic mass is 32.2. The van der Waals surface area contributed by atoms with E-state index in [9.17, 15) is 27.5 Å². The van der Waals surface area contributed by atoms with Gasteiger partial charge in [-0.1, -0.05) is 42.5 Å². The van der Waals surface area contributed by atoms with Gasteiger partial charge in [0.25, 0.3) is 0 Å². The van der Waals surface area contributed by atoms with Crippen LogP contribution in [-0.4, -0.2) is 79.7 Å². The number of aryl methyl sites for hydroxylation is 4. The smallest absolute Gasteiger partial charge is 0.323 e. The fourth-order valence-electron chi connectivity index (χ4n) is 5.83. The van der Waals surface area contributed by atoms with Crippen LogP contribution in [-0.2, 0) is 30.8 Å². The van der Waals surface area contributed by atoms with Crippen LogP contribution in [0, 0.1) is 26.6 Å². The molecule has 3 aromatic rings. The molecule has 0 saturated carbocycles. The minimum absolute atomic E-state index is 0.00901. The number of nitrogens with one attached hydrogen (secondary N) is 3. The van der Waals surface area contributed by atoms with E-state index >= 15 is 0 Å². The number of carboxylic acids is 1. The summed E-state index contributed by atoms with van der Waals surface area (Å²) in [6, 6.07) is 13.8. The number of anilines is 1. The first kappa shape index (κ1) is 35.5. The summed E-state index contributed by atoms with van der Waals surface area (Å²) < 4.78 is 47.7. The zero-order chi connectivity index (χ0) is 34.1. The Kier molecular flexibility index (Phi) is 12.1. The number of carboxylic acid groups (broad SMARTS) is 1. The lowest BCUT2D eigenvalue weighted by Crippen LogP contribution is -2.49. The molecule has 1 aliphatic rings. The zero-order valence-electron chi connectivity index (χ0n) is 26.8. The monoisotopic (exact) mass is 667 g/mol. The number of rotatable bonds is 16. The summed E-state index contributed by atoms with van der Waals surface area (Å²) in [4.78, 5) is 31.1. The Bertz CT molecular complexity index is 1650. The number of sulfonamides is 1. The lowest BCUT2D eigenvalue weighted by atomic mass is 10.1. The molecule has 3 atom stereocenters. The molecule has 4 rings (SSSR count). The number of pyridine rings is 1. The van der Waals surface area contributed by atoms with Crippen LogP contribution in [0.25, 0.3) is 0 Å². The molecule has 1 aromatic heterocycles. The molecular formula is C34H42FN5O6S. The molecule has 1 fully saturated rings. The molecule has 13 heteroatoms. The topological polar surface area (TPSA) is 150 Å². The Hall–Kier alpha value is -4.33. The van der Waals surface area contributed by atoms with Crippen molar-refractivity contribution in [3.8, 4) is 0 Å². The third kappa shape index (κ3) is 10.1. The van der Waals surface area contributed by atoms with Gasteiger partial charge in [-0.3, -0.25) is 9.59 Å². The van der Waals surface area contributed by atoms with Gasteiger partial charge < -0.3 is 25.4 Å². The van der Waals surface area contributed by atoms with Crippen LogP contribution in [0.2, 0.25) is 0 Å². The first-order valence-corrected chi connectivity index (χ1v) is 16.9. The highest BCUT2D eigenvalue weighted by Crippen LogP contribution is 2.27. The van der Waals surface area contributed by atoms with Crippen LogP contribution < -0.4 is 15.4 Å². The Balaban J connectivity index is 1.33. The van der Waals surface area contributed by atoms with E-state index in [1.54, 1.807) is 44.3 Å². The van der Waals surface area contributed by atoms with E-state index in [0.717, 1.165) is 22.6 Å². The Morgan fingerprint density at radius 3 is 2.47 bits per heavy atom. The maximum absolute atomic E-state index is 13.3. The first-order chi connectivity index (χ1) is 22.3. The van der Waals surface area contributed by atoms with Gasteiger partial charge in [0, 0.05) is 37.6 Å². The maximum Gasteiger partial charge on any atom is 0.323 e. The van der Waals surface area contributed by atoms with Crippen molar-refractivity contribution >= 4 is 27.7 Å². The SMILES string of the molecule is C=C(CCc1ccc(F)cc1)N1C[C@H](OCC(=O)NC[C@H](NS(=O)(=O)c2c(C)cc(C)cc2C)C(=O)O)C[C@H]1CNc1ccccn1. The predicted octanol–water partition coefficient (Wildman–Crippen LogP) is 3.71. The standard InChI is InChI=1S/C34H42FN5O6S/c1-22-15-23(2)33(24(3)16-22)47(44,45)39-30(34(42)43)19-38-32(41)21-46-29-17-28(18-37-31-7-5-6-14-36-31)40(20-29)25(4)8-9-26-10-12-27(35)13-11-26/h5-7,10-16,28-30,39H,4,8-9,17-21H2,1-3H3,(H,36,37)(H,38,41)(H,42,43)/t28-,29+,30-/m0/s1. The van der Waals surface area contributed by atoms with Crippen molar-refractivity contribution in [1.29, 1.82) is 0 Å². The van der Waals surface area contributed by atoms with E-state index in [2.05, 4.69) is 31.8 Å². The fraction of sp³-hybridized carbons (Fsp3) is 0.382. The van der Waals surface area contributed by atoms with Crippen molar-refractivity contribution in [2.45, 2.75) is 63.1 Å². The summed E-state index contributed by atoms with van der Waals surface area (Å²) in [7, 11) is -4.18. The summed E-state index contributed by atoms with van der Waals surface area (Å²) in [6.07, 6.45) is 3.30. The summed E-state index contributed by atoms with van der Waals surface area (Å²) in [5.41, 5.74) is 3.75. The van der Waals surface area contributed by atoms with Crippen LogP contribution in [0.15, 0.2) is 78.0 Å². The molecule has 1 saturated heterocycles. The van der Waals surface area contributed by atoms with Crippen LogP contribution in [0.4, 0.5) is 10.2 Å². The van der Waals surface area contributed by atoms with E-state index in [1.807, 2.05) is 25.1 Å². The van der Waals surface area contributed by atoms with Crippen LogP contribution in [0.5, 0.6) is 0 Å². The molecule has 0 unspecified atom stereocenters. The number of carbonyl (C=O) groups excluding carboxylic acids is 1. The van der Waals surface area contributed by atoms with Gasteiger partial charge in [-0.15, -0.1) is 0 Å². The number of benzene rings is 2. The average Bonchev–Trinajstić information content (AvgIpc) is 3.43. The van der Waals surface area contributed by atoms with Crippen LogP contribution in [0.1, 0.15) is 35.1 Å². The third-order valence-corrected chi connectivity index (χ3v) is 9.78. The number of aliphatic carboxylic acids is 1. The fourth-order valence-corrected chi connectivity index (χ4v) is 7.47. The lowest BCUT2D eigenvalue weighted by molar-refractivity contribution is -0.139. The average molecular weight is 668 g/mol. The van der Waals surface area contributed by atoms with Crippen molar-refractivity contribution in [2.24, 2.45) is 0 Å². The Morgan fingerprint density at radius 2 is 1.83 bits per heavy atom. The normalized spacial score (nSPS) is 16.9. The minimum atomic E-state index is -4.18. The number of nitrogens with zero attached hydrogens (tertiary/aromatic N) is 2. The molecule has 0 radical (unpaired) electrons. The number of amides is 1. The highest BCUT2D eigenvalue weighted by Gasteiger charge is 2.34. The van der Waals surface area contributed by atoms with Gasteiger partial charge in [-0.05, 0) is 81.0 Å². The number of ether oxygens (including phenoxy) is 1. The van der Waals surface area contributed by atoms with E-state index in [0.29, 0.717) is 43.5 Å². The highest BCUT2D eigenvalue weighted by molar-refractivity contribution is 7.89. The summed E-state index contributed by atoms with van der Waals surface area (Å²) in [5.74, 6) is -1.56. The van der Waals surface area contributed by atoms with Crippen LogP contribution >= 0.6 is 0 Å². The second-order valence-corrected chi connectivity index (χ2v) is 13.5. The predicted molar refractivity (Wildman–Crippen MR) is 177 cm³/mol. The molecule has 1 amide bonds. The third-order valence-electron chi connectivity index (χ3n) is 8.00. The van der Waals surface area contributed by atoms with Crippen molar-refractivity contribution in [1.82, 2.24) is 19.9 Å². The molecule has 1 aliphatic heterocycles. The second-order valence-electron chi connectivity index (χ2n) is 11.8. The minimum Gasteiger partial charge on any atom is -0.480 e. The molecule has 0 spiro atoms. The van der Waals surface area contributed by atoms with Gasteiger partial charge in [0.15, 0.2) is 0 Å². The van der Waals surface area contributed by atoms with E-state index in [4.69, 9.17) is 4.74 Å². The number of halogens is 1. The number of allylic oxidation sites excluding steroid dienone is 1. The largest absolute Gasteiger partial charge is 0.480 e. The number of likely N-dealkylation sites (tertiary alicyclic amines) is 1. The molecular weight excluding hydrogens is 625 g/mol. The number of carbonyl (C=O) groups is 2. The van der Waals surface area contributed by atoms with E-state index in [-0.39, 0.29) is 29.5 Å². The zero-order valence-corrected chi connectivity index (χ0v) is 27.6. The van der Waals surface area contributed by atoms with Crippen molar-refractivity contribution in [3.63, 3.8) is 0 Å². The van der Waals surface area contributed by atoms with Gasteiger partial charge in [-0.25, -0.2) is 17.8 Å². The molecule has 0 aliphatic carbocycles. The van der Waals surface area contributed by atoms with Gasteiger partial charge in [0.1, 0.15) is 24.3 Å².